The molecule has 0 fully saturated rings. The van der Waals surface area contributed by atoms with Crippen molar-refractivity contribution in [2.45, 2.75) is 13.0 Å². The van der Waals surface area contributed by atoms with Gasteiger partial charge < -0.3 is 10.8 Å². The molecule has 72 valence electrons. The normalized spacial score (nSPS) is 12.1. The number of rotatable bonds is 5. The molecule has 0 heterocycles. The third-order valence-electron chi connectivity index (χ3n) is 1.59. The third kappa shape index (κ3) is 4.13. The molecule has 0 aliphatic rings. The van der Waals surface area contributed by atoms with Crippen LogP contribution in [0, 0.1) is 12.3 Å². The van der Waals surface area contributed by atoms with E-state index >= 15 is 0 Å². The van der Waals surface area contributed by atoms with Crippen LogP contribution < -0.4 is 5.73 Å². The summed E-state index contributed by atoms with van der Waals surface area (Å²) in [6, 6.07) is -0.660. The van der Waals surface area contributed by atoms with Crippen LogP contribution in [0.4, 0.5) is 0 Å². The topological polar surface area (TPSA) is 83.6 Å². The van der Waals surface area contributed by atoms with Crippen molar-refractivity contribution in [2.75, 3.05) is 13.1 Å². The van der Waals surface area contributed by atoms with Gasteiger partial charge in [-0.1, -0.05) is 5.92 Å². The molecule has 0 aliphatic heterocycles. The Morgan fingerprint density at radius 1 is 1.69 bits per heavy atom. The van der Waals surface area contributed by atoms with Gasteiger partial charge in [0.05, 0.1) is 19.1 Å². The monoisotopic (exact) mass is 184 g/mol. The van der Waals surface area contributed by atoms with Crippen LogP contribution in [-0.2, 0) is 9.59 Å². The predicted molar refractivity (Wildman–Crippen MR) is 46.7 cm³/mol. The highest BCUT2D eigenvalue weighted by Crippen LogP contribution is 1.96. The molecule has 5 nitrogen and oxygen atoms in total. The summed E-state index contributed by atoms with van der Waals surface area (Å²) in [7, 11) is 0. The summed E-state index contributed by atoms with van der Waals surface area (Å²) in [5, 5.41) is 8.48. The Morgan fingerprint density at radius 2 is 2.23 bits per heavy atom. The Balaban J connectivity index is 4.33. The minimum atomic E-state index is -1.04. The lowest BCUT2D eigenvalue weighted by atomic mass is 10.2. The first kappa shape index (κ1) is 11.5. The largest absolute Gasteiger partial charge is 0.480 e. The van der Waals surface area contributed by atoms with Gasteiger partial charge in [-0.3, -0.25) is 14.5 Å². The average molecular weight is 184 g/mol. The SMILES string of the molecule is C#CCN(CC(=O)O)C(C)C(N)=O. The van der Waals surface area contributed by atoms with Crippen molar-refractivity contribution in [3.05, 3.63) is 0 Å². The number of nitrogens with zero attached hydrogens (tertiary/aromatic N) is 1. The number of hydrogen-bond donors (Lipinski definition) is 2. The molecule has 0 saturated carbocycles. The molecule has 0 aromatic heterocycles. The van der Waals surface area contributed by atoms with Gasteiger partial charge in [-0.25, -0.2) is 0 Å². The van der Waals surface area contributed by atoms with Crippen molar-refractivity contribution in [1.29, 1.82) is 0 Å². The number of amides is 1. The summed E-state index contributed by atoms with van der Waals surface area (Å²) < 4.78 is 0. The minimum absolute atomic E-state index is 0.0937. The zero-order valence-corrected chi connectivity index (χ0v) is 7.36. The molecular weight excluding hydrogens is 172 g/mol. The number of carbonyl (C=O) groups excluding carboxylic acids is 1. The highest BCUT2D eigenvalue weighted by atomic mass is 16.4. The quantitative estimate of drug-likeness (QED) is 0.530. The van der Waals surface area contributed by atoms with Gasteiger partial charge in [0, 0.05) is 0 Å². The zero-order chi connectivity index (χ0) is 10.4. The molecule has 5 heteroatoms. The Morgan fingerprint density at radius 3 is 2.54 bits per heavy atom. The van der Waals surface area contributed by atoms with E-state index in [9.17, 15) is 9.59 Å². The second-order valence-corrected chi connectivity index (χ2v) is 2.58. The maximum atomic E-state index is 10.7. The lowest BCUT2D eigenvalue weighted by Gasteiger charge is -2.22. The Labute approximate surface area is 76.5 Å². The first-order valence-electron chi connectivity index (χ1n) is 3.67. The molecule has 1 unspecified atom stereocenters. The van der Waals surface area contributed by atoms with E-state index in [2.05, 4.69) is 5.92 Å². The van der Waals surface area contributed by atoms with Crippen LogP contribution in [0.2, 0.25) is 0 Å². The Hall–Kier alpha value is -1.54. The molecule has 0 spiro atoms. The van der Waals surface area contributed by atoms with Crippen LogP contribution in [0.5, 0.6) is 0 Å². The molecule has 0 aromatic rings. The number of aliphatic carboxylic acids is 1. The summed E-state index contributed by atoms with van der Waals surface area (Å²) in [5.41, 5.74) is 5.00. The van der Waals surface area contributed by atoms with E-state index in [1.54, 1.807) is 0 Å². The van der Waals surface area contributed by atoms with E-state index in [1.165, 1.54) is 11.8 Å². The van der Waals surface area contributed by atoms with Crippen molar-refractivity contribution in [3.8, 4) is 12.3 Å². The molecule has 0 aliphatic carbocycles. The zero-order valence-electron chi connectivity index (χ0n) is 7.36. The third-order valence-corrected chi connectivity index (χ3v) is 1.59. The van der Waals surface area contributed by atoms with Gasteiger partial charge in [0.15, 0.2) is 0 Å². The van der Waals surface area contributed by atoms with E-state index in [1.807, 2.05) is 0 Å². The molecule has 0 radical (unpaired) electrons. The fourth-order valence-electron chi connectivity index (χ4n) is 0.801. The lowest BCUT2D eigenvalue weighted by molar-refractivity contribution is -0.139. The van der Waals surface area contributed by atoms with Gasteiger partial charge in [-0.05, 0) is 6.92 Å². The molecule has 0 aromatic carbocycles. The van der Waals surface area contributed by atoms with Gasteiger partial charge >= 0.3 is 5.97 Å². The first-order valence-corrected chi connectivity index (χ1v) is 3.67. The van der Waals surface area contributed by atoms with Gasteiger partial charge in [-0.15, -0.1) is 6.42 Å². The van der Waals surface area contributed by atoms with Crippen molar-refractivity contribution >= 4 is 11.9 Å². The van der Waals surface area contributed by atoms with Crippen LogP contribution in [0.3, 0.4) is 0 Å². The second kappa shape index (κ2) is 5.17. The van der Waals surface area contributed by atoms with Gasteiger partial charge in [0.2, 0.25) is 5.91 Å². The number of carboxylic acid groups (broad SMARTS) is 1. The van der Waals surface area contributed by atoms with Crippen LogP contribution in [-0.4, -0.2) is 41.0 Å². The summed E-state index contributed by atoms with van der Waals surface area (Å²) in [4.78, 5) is 22.4. The molecule has 0 saturated heterocycles. The molecule has 13 heavy (non-hydrogen) atoms. The summed E-state index contributed by atoms with van der Waals surface area (Å²) in [5.74, 6) is 0.639. The smallest absolute Gasteiger partial charge is 0.317 e. The van der Waals surface area contributed by atoms with Crippen LogP contribution in [0.15, 0.2) is 0 Å². The molecule has 1 amide bonds. The predicted octanol–water partition coefficient (Wildman–Crippen LogP) is -1.12. The highest BCUT2D eigenvalue weighted by molar-refractivity contribution is 5.80. The summed E-state index contributed by atoms with van der Waals surface area (Å²) in [6.07, 6.45) is 5.01. The second-order valence-electron chi connectivity index (χ2n) is 2.58. The Bertz CT molecular complexity index is 244. The van der Waals surface area contributed by atoms with Crippen molar-refractivity contribution in [3.63, 3.8) is 0 Å². The molecule has 1 atom stereocenters. The molecule has 3 N–H and O–H groups in total. The number of hydrogen-bond acceptors (Lipinski definition) is 3. The van der Waals surface area contributed by atoms with Crippen molar-refractivity contribution < 1.29 is 14.7 Å². The average Bonchev–Trinajstić information content (AvgIpc) is 2.01. The fraction of sp³-hybridized carbons (Fsp3) is 0.500. The molecule has 0 bridgehead atoms. The van der Waals surface area contributed by atoms with E-state index in [4.69, 9.17) is 17.3 Å². The number of nitrogens with two attached hydrogens (primary N) is 1. The van der Waals surface area contributed by atoms with E-state index in [0.717, 1.165) is 0 Å². The standard InChI is InChI=1S/C8H12N2O3/c1-3-4-10(5-7(11)12)6(2)8(9)13/h1,6H,4-5H2,2H3,(H2,9,13)(H,11,12). The molecule has 0 rings (SSSR count). The van der Waals surface area contributed by atoms with E-state index in [0.29, 0.717) is 0 Å². The number of terminal acetylenes is 1. The van der Waals surface area contributed by atoms with Gasteiger partial charge in [0.25, 0.3) is 0 Å². The van der Waals surface area contributed by atoms with E-state index in [-0.39, 0.29) is 13.1 Å². The number of carboxylic acids is 1. The van der Waals surface area contributed by atoms with Crippen molar-refractivity contribution in [1.82, 2.24) is 4.90 Å². The maximum absolute atomic E-state index is 10.7. The van der Waals surface area contributed by atoms with Gasteiger partial charge in [0.1, 0.15) is 0 Å². The minimum Gasteiger partial charge on any atom is -0.480 e. The van der Waals surface area contributed by atoms with Gasteiger partial charge in [-0.2, -0.15) is 0 Å². The summed E-state index contributed by atoms with van der Waals surface area (Å²) >= 11 is 0. The summed E-state index contributed by atoms with van der Waals surface area (Å²) in [6.45, 7) is 1.33. The van der Waals surface area contributed by atoms with Crippen LogP contribution in [0.1, 0.15) is 6.92 Å². The lowest BCUT2D eigenvalue weighted by Crippen LogP contribution is -2.45. The maximum Gasteiger partial charge on any atom is 0.317 e. The van der Waals surface area contributed by atoms with E-state index < -0.39 is 17.9 Å². The van der Waals surface area contributed by atoms with Crippen molar-refractivity contribution in [2.24, 2.45) is 5.73 Å². The highest BCUT2D eigenvalue weighted by Gasteiger charge is 2.19. The number of carbonyl (C=O) groups is 2. The molecular formula is C8H12N2O3. The number of primary amides is 1. The van der Waals surface area contributed by atoms with Crippen LogP contribution >= 0.6 is 0 Å². The fourth-order valence-corrected chi connectivity index (χ4v) is 0.801. The van der Waals surface area contributed by atoms with Crippen LogP contribution in [0.25, 0.3) is 0 Å². The Kier molecular flexibility index (Phi) is 4.55. The first-order chi connectivity index (χ1) is 5.99.